The Hall–Kier alpha value is -4.25. The van der Waals surface area contributed by atoms with Crippen molar-refractivity contribution in [1.82, 2.24) is 19.6 Å². The average molecular weight is 638 g/mol. The highest BCUT2D eigenvalue weighted by Gasteiger charge is 2.46. The van der Waals surface area contributed by atoms with Crippen molar-refractivity contribution in [3.63, 3.8) is 0 Å². The van der Waals surface area contributed by atoms with Gasteiger partial charge < -0.3 is 10.2 Å². The fourth-order valence-electron chi connectivity index (χ4n) is 6.66. The van der Waals surface area contributed by atoms with Crippen molar-refractivity contribution >= 4 is 28.4 Å². The third kappa shape index (κ3) is 6.79. The lowest BCUT2D eigenvalue weighted by molar-refractivity contribution is -0.177. The van der Waals surface area contributed by atoms with Gasteiger partial charge in [-0.2, -0.15) is 18.3 Å². The van der Waals surface area contributed by atoms with E-state index in [9.17, 15) is 22.8 Å². The summed E-state index contributed by atoms with van der Waals surface area (Å²) in [5, 5.41) is 8.19. The molecule has 0 spiro atoms. The van der Waals surface area contributed by atoms with E-state index in [1.165, 1.54) is 24.0 Å². The minimum atomic E-state index is -4.29. The van der Waals surface area contributed by atoms with Crippen LogP contribution in [-0.2, 0) is 23.2 Å². The molecule has 3 atom stereocenters. The number of rotatable bonds is 8. The maximum Gasteiger partial charge on any atom is 0.404 e. The number of benzene rings is 2. The van der Waals surface area contributed by atoms with Gasteiger partial charge in [-0.25, -0.2) is 4.39 Å². The summed E-state index contributed by atoms with van der Waals surface area (Å²) >= 11 is 0. The number of amides is 2. The summed E-state index contributed by atoms with van der Waals surface area (Å²) in [4.78, 5) is 31.0. The lowest BCUT2D eigenvalue weighted by Gasteiger charge is -2.41. The average Bonchev–Trinajstić information content (AvgIpc) is 3.67. The van der Waals surface area contributed by atoms with E-state index in [1.807, 2.05) is 19.2 Å². The number of hydrogen-bond acceptors (Lipinski definition) is 4. The third-order valence-electron chi connectivity index (χ3n) is 9.10. The number of piperidine rings is 1. The number of carbonyl (C=O) groups is 2. The van der Waals surface area contributed by atoms with Crippen LogP contribution in [0, 0.1) is 5.92 Å². The van der Waals surface area contributed by atoms with Gasteiger partial charge in [0.2, 0.25) is 5.91 Å². The highest BCUT2D eigenvalue weighted by molar-refractivity contribution is 6.00. The summed E-state index contributed by atoms with van der Waals surface area (Å²) in [6.45, 7) is 7.63. The Morgan fingerprint density at radius 3 is 2.48 bits per heavy atom. The molecule has 2 aromatic carbocycles. The number of allylic oxidation sites excluding steroid dienone is 3. The Morgan fingerprint density at radius 1 is 1.09 bits per heavy atom. The van der Waals surface area contributed by atoms with Crippen LogP contribution in [0.4, 0.5) is 23.2 Å². The molecule has 11 heteroatoms. The Labute approximate surface area is 266 Å². The van der Waals surface area contributed by atoms with Crippen LogP contribution < -0.4 is 5.32 Å². The first-order chi connectivity index (χ1) is 21.9. The number of fused-ring (bicyclic) bond motifs is 1. The monoisotopic (exact) mass is 637 g/mol. The van der Waals surface area contributed by atoms with E-state index >= 15 is 4.39 Å². The quantitative estimate of drug-likeness (QED) is 0.159. The van der Waals surface area contributed by atoms with E-state index in [0.29, 0.717) is 54.7 Å². The largest absolute Gasteiger partial charge is 0.404 e. The molecule has 2 fully saturated rings. The molecule has 0 saturated carbocycles. The summed E-state index contributed by atoms with van der Waals surface area (Å²) in [6.07, 6.45) is 1.64. The molecule has 2 aliphatic heterocycles. The van der Waals surface area contributed by atoms with Crippen LogP contribution in [-0.4, -0.2) is 56.7 Å². The van der Waals surface area contributed by atoms with Crippen LogP contribution in [0.5, 0.6) is 0 Å². The maximum atomic E-state index is 15.1. The first-order valence-electron chi connectivity index (χ1n) is 15.5. The van der Waals surface area contributed by atoms with Crippen molar-refractivity contribution in [2.75, 3.05) is 18.4 Å². The maximum absolute atomic E-state index is 15.1. The van der Waals surface area contributed by atoms with Gasteiger partial charge in [-0.3, -0.25) is 19.2 Å². The van der Waals surface area contributed by atoms with Gasteiger partial charge in [0.25, 0.3) is 5.91 Å². The number of anilines is 1. The van der Waals surface area contributed by atoms with Gasteiger partial charge in [0, 0.05) is 31.2 Å². The molecule has 2 aliphatic rings. The number of hydrogen-bond donors (Lipinski definition) is 1. The SMILES string of the molecule is C=C/C(C)=C(C(=O)N1CCC[C@H](C(=O)Nc2ccc3cnn(C)c3c2)[C@@H]1c1ccc(CN2CCC[C@@H]2C(F)(F)F)cc1)\C(F)=C/C. The lowest BCUT2D eigenvalue weighted by Crippen LogP contribution is -2.47. The molecule has 0 bridgehead atoms. The van der Waals surface area contributed by atoms with Crippen molar-refractivity contribution in [2.45, 2.75) is 64.3 Å². The van der Waals surface area contributed by atoms with Crippen molar-refractivity contribution in [1.29, 1.82) is 0 Å². The molecule has 2 saturated heterocycles. The Balaban J connectivity index is 1.48. The third-order valence-corrected chi connectivity index (χ3v) is 9.10. The highest BCUT2D eigenvalue weighted by atomic mass is 19.4. The summed E-state index contributed by atoms with van der Waals surface area (Å²) in [5.74, 6) is -2.22. The molecule has 0 radical (unpaired) electrons. The van der Waals surface area contributed by atoms with Gasteiger partial charge in [-0.15, -0.1) is 0 Å². The number of alkyl halides is 3. The molecule has 46 heavy (non-hydrogen) atoms. The molecule has 7 nitrogen and oxygen atoms in total. The van der Waals surface area contributed by atoms with Gasteiger partial charge in [0.1, 0.15) is 11.9 Å². The van der Waals surface area contributed by atoms with Crippen molar-refractivity contribution in [2.24, 2.45) is 13.0 Å². The fraction of sp³-hybridized carbons (Fsp3) is 0.400. The topological polar surface area (TPSA) is 70.5 Å². The van der Waals surface area contributed by atoms with Crippen molar-refractivity contribution < 1.29 is 27.2 Å². The second-order valence-electron chi connectivity index (χ2n) is 12.0. The molecular formula is C35H39F4N5O2. The summed E-state index contributed by atoms with van der Waals surface area (Å²) in [5.41, 5.74) is 3.01. The molecule has 1 N–H and O–H groups in total. The normalized spacial score (nSPS) is 21.8. The fourth-order valence-corrected chi connectivity index (χ4v) is 6.66. The van der Waals surface area contributed by atoms with E-state index in [1.54, 1.807) is 53.0 Å². The molecule has 0 aliphatic carbocycles. The number of aryl methyl sites for hydroxylation is 1. The standard InChI is InChI=1S/C35H39F4N5O2/c1-5-22(3)31(28(36)6-2)34(46)44-18-7-9-27(33(45)41-26-16-15-25-20-40-42(4)29(25)19-26)32(44)24-13-11-23(12-14-24)21-43-17-8-10-30(43)35(37,38)39/h5-6,11-16,19-20,27,30,32H,1,7-10,17-18,21H2,2-4H3,(H,41,45)/b28-6+,31-22+/t27-,30+,32-/m0/s1. The molecule has 244 valence electrons. The summed E-state index contributed by atoms with van der Waals surface area (Å²) < 4.78 is 57.5. The minimum absolute atomic E-state index is 0.0772. The highest BCUT2D eigenvalue weighted by Crippen LogP contribution is 2.40. The Kier molecular flexibility index (Phi) is 9.81. The lowest BCUT2D eigenvalue weighted by atomic mass is 9.83. The minimum Gasteiger partial charge on any atom is -0.331 e. The molecule has 3 aromatic rings. The van der Waals surface area contributed by atoms with E-state index in [4.69, 9.17) is 0 Å². The molecule has 5 rings (SSSR count). The summed E-state index contributed by atoms with van der Waals surface area (Å²) in [7, 11) is 1.81. The van der Waals surface area contributed by atoms with Gasteiger partial charge in [-0.1, -0.05) is 43.0 Å². The van der Waals surface area contributed by atoms with Gasteiger partial charge in [-0.05, 0) is 81.0 Å². The molecule has 3 heterocycles. The van der Waals surface area contributed by atoms with E-state index in [0.717, 1.165) is 10.9 Å². The van der Waals surface area contributed by atoms with Crippen LogP contribution >= 0.6 is 0 Å². The number of aromatic nitrogens is 2. The summed E-state index contributed by atoms with van der Waals surface area (Å²) in [6, 6.07) is 10.3. The van der Waals surface area contributed by atoms with Gasteiger partial charge in [0.05, 0.1) is 29.2 Å². The number of nitrogens with one attached hydrogen (secondary N) is 1. The van der Waals surface area contributed by atoms with Crippen LogP contribution in [0.1, 0.15) is 56.7 Å². The van der Waals surface area contributed by atoms with E-state index in [2.05, 4.69) is 17.0 Å². The van der Waals surface area contributed by atoms with Gasteiger partial charge >= 0.3 is 6.18 Å². The zero-order valence-corrected chi connectivity index (χ0v) is 26.3. The molecule has 2 amide bonds. The van der Waals surface area contributed by atoms with Crippen molar-refractivity contribution in [3.05, 3.63) is 95.5 Å². The van der Waals surface area contributed by atoms with E-state index < -0.39 is 35.9 Å². The first-order valence-corrected chi connectivity index (χ1v) is 15.5. The molecule has 0 unspecified atom stereocenters. The number of likely N-dealkylation sites (tertiary alicyclic amines) is 2. The second kappa shape index (κ2) is 13.6. The number of carbonyl (C=O) groups excluding carboxylic acids is 2. The second-order valence-corrected chi connectivity index (χ2v) is 12.0. The molecular weight excluding hydrogens is 598 g/mol. The zero-order valence-electron chi connectivity index (χ0n) is 26.3. The van der Waals surface area contributed by atoms with E-state index in [-0.39, 0.29) is 24.4 Å². The Bertz CT molecular complexity index is 1670. The zero-order chi connectivity index (χ0) is 33.2. The van der Waals surface area contributed by atoms with Crippen LogP contribution in [0.15, 0.2) is 84.4 Å². The molecule has 1 aromatic heterocycles. The number of halogens is 4. The van der Waals surface area contributed by atoms with Crippen molar-refractivity contribution in [3.8, 4) is 0 Å². The van der Waals surface area contributed by atoms with Gasteiger partial charge in [0.15, 0.2) is 0 Å². The van der Waals surface area contributed by atoms with Crippen LogP contribution in [0.3, 0.4) is 0 Å². The first kappa shape index (κ1) is 33.1. The number of nitrogens with zero attached hydrogens (tertiary/aromatic N) is 4. The van der Waals surface area contributed by atoms with Crippen LogP contribution in [0.25, 0.3) is 10.9 Å². The van der Waals surface area contributed by atoms with Crippen LogP contribution in [0.2, 0.25) is 0 Å². The predicted octanol–water partition coefficient (Wildman–Crippen LogP) is 7.39. The predicted molar refractivity (Wildman–Crippen MR) is 170 cm³/mol. The smallest absolute Gasteiger partial charge is 0.331 e. The Morgan fingerprint density at radius 2 is 1.80 bits per heavy atom.